The summed E-state index contributed by atoms with van der Waals surface area (Å²) in [7, 11) is 0. The van der Waals surface area contributed by atoms with E-state index in [9.17, 15) is 0 Å². The van der Waals surface area contributed by atoms with E-state index >= 15 is 0 Å². The van der Waals surface area contributed by atoms with Crippen LogP contribution in [-0.2, 0) is 5.41 Å². The first kappa shape index (κ1) is 12.4. The van der Waals surface area contributed by atoms with Gasteiger partial charge < -0.3 is 0 Å². The number of rotatable bonds is 1. The number of aromatic nitrogens is 2. The third kappa shape index (κ3) is 2.69. The van der Waals surface area contributed by atoms with E-state index in [1.54, 1.807) is 0 Å². The molecule has 84 valence electrons. The molecule has 0 atom stereocenters. The van der Waals surface area contributed by atoms with Gasteiger partial charge in [-0.1, -0.05) is 46.2 Å². The molecule has 0 amide bonds. The smallest absolute Gasteiger partial charge is 0.135 e. The minimum Gasteiger partial charge on any atom is -0.237 e. The van der Waals surface area contributed by atoms with Crippen LogP contribution in [0.15, 0.2) is 0 Å². The zero-order chi connectivity index (χ0) is 11.8. The molecule has 0 fully saturated rings. The van der Waals surface area contributed by atoms with Crippen LogP contribution in [0, 0.1) is 6.92 Å². The van der Waals surface area contributed by atoms with Crippen LogP contribution in [0.5, 0.6) is 0 Å². The quantitative estimate of drug-likeness (QED) is 0.680. The van der Waals surface area contributed by atoms with E-state index in [0.717, 1.165) is 17.1 Å². The van der Waals surface area contributed by atoms with Crippen molar-refractivity contribution in [3.05, 3.63) is 22.2 Å². The Morgan fingerprint density at radius 1 is 1.13 bits per heavy atom. The summed E-state index contributed by atoms with van der Waals surface area (Å²) in [6.45, 7) is 12.5. The average Bonchev–Trinajstić information content (AvgIpc) is 2.06. The zero-order valence-electron chi connectivity index (χ0n) is 10.3. The Balaban J connectivity index is 3.36. The van der Waals surface area contributed by atoms with Crippen molar-refractivity contribution >= 4 is 11.6 Å². The first-order valence-corrected chi connectivity index (χ1v) is 5.65. The van der Waals surface area contributed by atoms with Gasteiger partial charge in [0.25, 0.3) is 0 Å². The third-order valence-corrected chi connectivity index (χ3v) is 2.71. The van der Waals surface area contributed by atoms with Gasteiger partial charge >= 0.3 is 0 Å². The lowest BCUT2D eigenvalue weighted by molar-refractivity contribution is 0.537. The maximum absolute atomic E-state index is 6.12. The van der Waals surface area contributed by atoms with E-state index in [0.29, 0.717) is 11.1 Å². The summed E-state index contributed by atoms with van der Waals surface area (Å²) in [5, 5.41) is 0.582. The van der Waals surface area contributed by atoms with Gasteiger partial charge in [-0.25, -0.2) is 9.97 Å². The summed E-state index contributed by atoms with van der Waals surface area (Å²) in [6, 6.07) is 0. The highest BCUT2D eigenvalue weighted by Gasteiger charge is 2.21. The molecule has 0 saturated heterocycles. The molecule has 0 aliphatic carbocycles. The monoisotopic (exact) mass is 226 g/mol. The summed E-state index contributed by atoms with van der Waals surface area (Å²) in [5.41, 5.74) is 2.00. The molecule has 1 aromatic heterocycles. The van der Waals surface area contributed by atoms with Crippen LogP contribution in [0.1, 0.15) is 57.6 Å². The Hall–Kier alpha value is -0.630. The number of halogens is 1. The topological polar surface area (TPSA) is 25.8 Å². The molecule has 3 heteroatoms. The summed E-state index contributed by atoms with van der Waals surface area (Å²) in [4.78, 5) is 8.95. The van der Waals surface area contributed by atoms with Crippen LogP contribution < -0.4 is 0 Å². The van der Waals surface area contributed by atoms with Gasteiger partial charge in [-0.05, 0) is 12.8 Å². The fraction of sp³-hybridized carbons (Fsp3) is 0.667. The van der Waals surface area contributed by atoms with Crippen molar-refractivity contribution < 1.29 is 0 Å². The van der Waals surface area contributed by atoms with Crippen LogP contribution in [0.2, 0.25) is 5.15 Å². The first-order chi connectivity index (χ1) is 6.73. The van der Waals surface area contributed by atoms with E-state index in [4.69, 9.17) is 11.6 Å². The van der Waals surface area contributed by atoms with E-state index in [2.05, 4.69) is 44.6 Å². The van der Waals surface area contributed by atoms with Crippen LogP contribution in [-0.4, -0.2) is 9.97 Å². The molecule has 0 radical (unpaired) electrons. The molecule has 0 unspecified atom stereocenters. The second-order valence-electron chi connectivity index (χ2n) is 5.25. The van der Waals surface area contributed by atoms with Gasteiger partial charge in [0.05, 0.1) is 5.69 Å². The molecule has 1 heterocycles. The largest absolute Gasteiger partial charge is 0.237 e. The van der Waals surface area contributed by atoms with Gasteiger partial charge in [-0.15, -0.1) is 0 Å². The fourth-order valence-corrected chi connectivity index (χ4v) is 1.58. The van der Waals surface area contributed by atoms with Crippen molar-refractivity contribution in [3.63, 3.8) is 0 Å². The highest BCUT2D eigenvalue weighted by molar-refractivity contribution is 6.30. The maximum atomic E-state index is 6.12. The first-order valence-electron chi connectivity index (χ1n) is 5.28. The molecular weight excluding hydrogens is 208 g/mol. The van der Waals surface area contributed by atoms with Gasteiger partial charge in [0.1, 0.15) is 11.0 Å². The Morgan fingerprint density at radius 2 is 1.67 bits per heavy atom. The molecule has 0 aromatic carbocycles. The predicted octanol–water partition coefficient (Wildman–Crippen LogP) is 3.86. The van der Waals surface area contributed by atoms with Gasteiger partial charge in [0, 0.05) is 11.0 Å². The fourth-order valence-electron chi connectivity index (χ4n) is 1.40. The number of hydrogen-bond donors (Lipinski definition) is 0. The van der Waals surface area contributed by atoms with Crippen LogP contribution in [0.25, 0.3) is 0 Å². The molecule has 0 saturated carbocycles. The van der Waals surface area contributed by atoms with Crippen LogP contribution in [0.3, 0.4) is 0 Å². The summed E-state index contributed by atoms with van der Waals surface area (Å²) in [5.74, 6) is 1.20. The van der Waals surface area contributed by atoms with Crippen LogP contribution in [0.4, 0.5) is 0 Å². The second kappa shape index (κ2) is 4.09. The summed E-state index contributed by atoms with van der Waals surface area (Å²) >= 11 is 6.12. The van der Waals surface area contributed by atoms with Gasteiger partial charge in [0.15, 0.2) is 0 Å². The maximum Gasteiger partial charge on any atom is 0.135 e. The van der Waals surface area contributed by atoms with Crippen molar-refractivity contribution in [2.24, 2.45) is 0 Å². The predicted molar refractivity (Wildman–Crippen MR) is 64.6 cm³/mol. The zero-order valence-corrected chi connectivity index (χ0v) is 11.1. The van der Waals surface area contributed by atoms with Crippen molar-refractivity contribution in [2.45, 2.75) is 52.9 Å². The molecule has 0 aliphatic rings. The molecule has 0 aliphatic heterocycles. The Bertz CT molecular complexity index is 365. The van der Waals surface area contributed by atoms with Crippen molar-refractivity contribution in [3.8, 4) is 0 Å². The third-order valence-electron chi connectivity index (χ3n) is 2.34. The van der Waals surface area contributed by atoms with Gasteiger partial charge in [-0.3, -0.25) is 0 Å². The summed E-state index contributed by atoms with van der Waals surface area (Å²) in [6.07, 6.45) is 0. The number of nitrogens with zero attached hydrogens (tertiary/aromatic N) is 2. The van der Waals surface area contributed by atoms with Gasteiger partial charge in [-0.2, -0.15) is 0 Å². The molecule has 15 heavy (non-hydrogen) atoms. The SMILES string of the molecule is Cc1c(Cl)nc(C(C)(C)C)nc1C(C)C. The average molecular weight is 227 g/mol. The van der Waals surface area contributed by atoms with Crippen molar-refractivity contribution in [2.75, 3.05) is 0 Å². The lowest BCUT2D eigenvalue weighted by atomic mass is 9.94. The Kier molecular flexibility index (Phi) is 3.39. The van der Waals surface area contributed by atoms with Crippen LogP contribution >= 0.6 is 11.6 Å². The molecule has 0 spiro atoms. The molecular formula is C12H19ClN2. The molecule has 1 rings (SSSR count). The lowest BCUT2D eigenvalue weighted by Gasteiger charge is -2.20. The minimum absolute atomic E-state index is 0.0546. The number of hydrogen-bond acceptors (Lipinski definition) is 2. The van der Waals surface area contributed by atoms with E-state index in [1.165, 1.54) is 0 Å². The Labute approximate surface area is 97.1 Å². The van der Waals surface area contributed by atoms with Gasteiger partial charge in [0.2, 0.25) is 0 Å². The van der Waals surface area contributed by atoms with Crippen molar-refractivity contribution in [1.29, 1.82) is 0 Å². The molecule has 1 aromatic rings. The second-order valence-corrected chi connectivity index (χ2v) is 5.61. The standard InChI is InChI=1S/C12H19ClN2/c1-7(2)9-8(3)10(13)15-11(14-9)12(4,5)6/h7H,1-6H3. The highest BCUT2D eigenvalue weighted by Crippen LogP contribution is 2.26. The normalized spacial score (nSPS) is 12.3. The lowest BCUT2D eigenvalue weighted by Crippen LogP contribution is -2.18. The minimum atomic E-state index is -0.0546. The molecule has 0 bridgehead atoms. The van der Waals surface area contributed by atoms with E-state index < -0.39 is 0 Å². The molecule has 0 N–H and O–H groups in total. The Morgan fingerprint density at radius 3 is 2.07 bits per heavy atom. The van der Waals surface area contributed by atoms with Crippen molar-refractivity contribution in [1.82, 2.24) is 9.97 Å². The summed E-state index contributed by atoms with van der Waals surface area (Å²) < 4.78 is 0. The van der Waals surface area contributed by atoms with E-state index in [-0.39, 0.29) is 5.41 Å². The van der Waals surface area contributed by atoms with E-state index in [1.807, 2.05) is 6.92 Å². The molecule has 2 nitrogen and oxygen atoms in total. The highest BCUT2D eigenvalue weighted by atomic mass is 35.5.